The Morgan fingerprint density at radius 1 is 0.917 bits per heavy atom. The van der Waals surface area contributed by atoms with Crippen molar-refractivity contribution in [1.29, 1.82) is 0 Å². The van der Waals surface area contributed by atoms with Crippen molar-refractivity contribution in [3.05, 3.63) is 65.7 Å². The van der Waals surface area contributed by atoms with Gasteiger partial charge in [0.15, 0.2) is 0 Å². The van der Waals surface area contributed by atoms with Crippen LogP contribution in [0.15, 0.2) is 59.5 Å². The Kier molecular flexibility index (Phi) is 6.04. The standard InChI is InChI=1S/C19H22N2O2S/c1-19(2,3)15-11-9-14(10-12-15)18(23)21-20-17(22)13-24-16-7-5-4-6-8-16/h4-12H,13H2,1-3H3,(H,20,22)(H,21,23). The van der Waals surface area contributed by atoms with Gasteiger partial charge >= 0.3 is 0 Å². The fourth-order valence-corrected chi connectivity index (χ4v) is 2.74. The molecule has 0 aliphatic carbocycles. The Morgan fingerprint density at radius 3 is 2.12 bits per heavy atom. The van der Waals surface area contributed by atoms with E-state index in [1.54, 1.807) is 12.1 Å². The SMILES string of the molecule is CC(C)(C)c1ccc(C(=O)NNC(=O)CSc2ccccc2)cc1. The number of hydrogen-bond donors (Lipinski definition) is 2. The summed E-state index contributed by atoms with van der Waals surface area (Å²) in [7, 11) is 0. The fraction of sp³-hybridized carbons (Fsp3) is 0.263. The zero-order valence-corrected chi connectivity index (χ0v) is 14.9. The van der Waals surface area contributed by atoms with E-state index in [1.807, 2.05) is 42.5 Å². The number of carbonyl (C=O) groups is 2. The van der Waals surface area contributed by atoms with E-state index in [0.29, 0.717) is 5.56 Å². The molecule has 0 saturated heterocycles. The van der Waals surface area contributed by atoms with E-state index in [2.05, 4.69) is 31.6 Å². The number of rotatable bonds is 4. The molecular formula is C19H22N2O2S. The summed E-state index contributed by atoms with van der Waals surface area (Å²) in [5, 5.41) is 0. The van der Waals surface area contributed by atoms with Crippen LogP contribution in [0.25, 0.3) is 0 Å². The molecule has 0 bridgehead atoms. The summed E-state index contributed by atoms with van der Waals surface area (Å²) in [4.78, 5) is 24.9. The van der Waals surface area contributed by atoms with Crippen LogP contribution in [0.5, 0.6) is 0 Å². The zero-order chi connectivity index (χ0) is 17.6. The molecule has 0 saturated carbocycles. The van der Waals surface area contributed by atoms with Crippen LogP contribution in [0.1, 0.15) is 36.7 Å². The van der Waals surface area contributed by atoms with Gasteiger partial charge in [0.2, 0.25) is 5.91 Å². The molecule has 2 rings (SSSR count). The van der Waals surface area contributed by atoms with Gasteiger partial charge < -0.3 is 0 Å². The number of carbonyl (C=O) groups excluding carboxylic acids is 2. The lowest BCUT2D eigenvalue weighted by Crippen LogP contribution is -2.42. The van der Waals surface area contributed by atoms with Gasteiger partial charge in [-0.25, -0.2) is 0 Å². The number of benzene rings is 2. The molecule has 0 atom stereocenters. The second-order valence-corrected chi connectivity index (χ2v) is 7.48. The van der Waals surface area contributed by atoms with Crippen molar-refractivity contribution in [2.45, 2.75) is 31.1 Å². The predicted molar refractivity (Wildman–Crippen MR) is 97.9 cm³/mol. The number of hydrazine groups is 1. The molecule has 0 radical (unpaired) electrons. The van der Waals surface area contributed by atoms with Crippen LogP contribution < -0.4 is 10.9 Å². The topological polar surface area (TPSA) is 58.2 Å². The first-order valence-electron chi connectivity index (χ1n) is 7.74. The number of thioether (sulfide) groups is 1. The van der Waals surface area contributed by atoms with Gasteiger partial charge in [0.05, 0.1) is 5.75 Å². The van der Waals surface area contributed by atoms with Gasteiger partial charge in [0.1, 0.15) is 0 Å². The Morgan fingerprint density at radius 2 is 1.54 bits per heavy atom. The molecular weight excluding hydrogens is 320 g/mol. The highest BCUT2D eigenvalue weighted by atomic mass is 32.2. The van der Waals surface area contributed by atoms with Crippen molar-refractivity contribution in [2.75, 3.05) is 5.75 Å². The summed E-state index contributed by atoms with van der Waals surface area (Å²) in [5.74, 6) is -0.329. The Labute approximate surface area is 147 Å². The third kappa shape index (κ3) is 5.42. The van der Waals surface area contributed by atoms with E-state index >= 15 is 0 Å². The molecule has 126 valence electrons. The molecule has 0 aromatic heterocycles. The third-order valence-corrected chi connectivity index (χ3v) is 4.45. The van der Waals surface area contributed by atoms with Gasteiger partial charge in [0, 0.05) is 10.5 Å². The van der Waals surface area contributed by atoms with Crippen LogP contribution in [-0.2, 0) is 10.2 Å². The molecule has 2 amide bonds. The smallest absolute Gasteiger partial charge is 0.269 e. The predicted octanol–water partition coefficient (Wildman–Crippen LogP) is 3.54. The molecule has 0 aliphatic heterocycles. The molecule has 2 aromatic rings. The lowest BCUT2D eigenvalue weighted by atomic mass is 9.87. The molecule has 0 unspecified atom stereocenters. The molecule has 24 heavy (non-hydrogen) atoms. The second kappa shape index (κ2) is 8.02. The first-order valence-corrected chi connectivity index (χ1v) is 8.72. The molecule has 2 N–H and O–H groups in total. The largest absolute Gasteiger partial charge is 0.272 e. The summed E-state index contributed by atoms with van der Waals surface area (Å²) in [6.45, 7) is 6.35. The van der Waals surface area contributed by atoms with Crippen LogP contribution in [0.3, 0.4) is 0 Å². The minimum Gasteiger partial charge on any atom is -0.272 e. The number of amides is 2. The van der Waals surface area contributed by atoms with Crippen LogP contribution in [0.4, 0.5) is 0 Å². The van der Waals surface area contributed by atoms with E-state index in [0.717, 1.165) is 10.5 Å². The van der Waals surface area contributed by atoms with E-state index in [4.69, 9.17) is 0 Å². The fourth-order valence-electron chi connectivity index (χ4n) is 2.02. The summed E-state index contributed by atoms with van der Waals surface area (Å²) >= 11 is 1.42. The first-order chi connectivity index (χ1) is 11.4. The summed E-state index contributed by atoms with van der Waals surface area (Å²) < 4.78 is 0. The van der Waals surface area contributed by atoms with Crippen LogP contribution in [0, 0.1) is 0 Å². The maximum atomic E-state index is 12.1. The Bertz CT molecular complexity index is 692. The first kappa shape index (κ1) is 18.1. The summed E-state index contributed by atoms with van der Waals surface area (Å²) in [5.41, 5.74) is 6.59. The second-order valence-electron chi connectivity index (χ2n) is 6.43. The molecule has 5 heteroatoms. The molecule has 0 aliphatic rings. The lowest BCUT2D eigenvalue weighted by molar-refractivity contribution is -0.119. The van der Waals surface area contributed by atoms with Crippen molar-refractivity contribution < 1.29 is 9.59 Å². The minimum absolute atomic E-state index is 0.0396. The minimum atomic E-state index is -0.325. The van der Waals surface area contributed by atoms with Gasteiger partial charge in [0.25, 0.3) is 5.91 Å². The molecule has 4 nitrogen and oxygen atoms in total. The molecule has 0 fully saturated rings. The zero-order valence-electron chi connectivity index (χ0n) is 14.1. The van der Waals surface area contributed by atoms with Crippen LogP contribution in [-0.4, -0.2) is 17.6 Å². The van der Waals surface area contributed by atoms with Crippen LogP contribution in [0.2, 0.25) is 0 Å². The average molecular weight is 342 g/mol. The lowest BCUT2D eigenvalue weighted by Gasteiger charge is -2.19. The maximum Gasteiger partial charge on any atom is 0.269 e. The normalized spacial score (nSPS) is 11.0. The van der Waals surface area contributed by atoms with Crippen molar-refractivity contribution in [1.82, 2.24) is 10.9 Å². The van der Waals surface area contributed by atoms with E-state index in [-0.39, 0.29) is 23.0 Å². The number of nitrogens with one attached hydrogen (secondary N) is 2. The Hall–Kier alpha value is -2.27. The van der Waals surface area contributed by atoms with E-state index in [9.17, 15) is 9.59 Å². The monoisotopic (exact) mass is 342 g/mol. The van der Waals surface area contributed by atoms with E-state index < -0.39 is 0 Å². The quantitative estimate of drug-likeness (QED) is 0.660. The third-order valence-electron chi connectivity index (χ3n) is 3.44. The van der Waals surface area contributed by atoms with E-state index in [1.165, 1.54) is 11.8 Å². The van der Waals surface area contributed by atoms with Gasteiger partial charge in [-0.2, -0.15) is 0 Å². The van der Waals surface area contributed by atoms with Gasteiger partial charge in [-0.15, -0.1) is 11.8 Å². The van der Waals surface area contributed by atoms with Crippen molar-refractivity contribution in [3.63, 3.8) is 0 Å². The van der Waals surface area contributed by atoms with Crippen molar-refractivity contribution in [2.24, 2.45) is 0 Å². The summed E-state index contributed by atoms with van der Waals surface area (Å²) in [6, 6.07) is 17.0. The maximum absolute atomic E-state index is 12.1. The van der Waals surface area contributed by atoms with Gasteiger partial charge in [-0.05, 0) is 35.2 Å². The molecule has 0 spiro atoms. The highest BCUT2D eigenvalue weighted by Gasteiger charge is 2.14. The number of hydrogen-bond acceptors (Lipinski definition) is 3. The highest BCUT2D eigenvalue weighted by molar-refractivity contribution is 8.00. The van der Waals surface area contributed by atoms with Gasteiger partial charge in [-0.3, -0.25) is 20.4 Å². The molecule has 0 heterocycles. The average Bonchev–Trinajstić information content (AvgIpc) is 2.58. The van der Waals surface area contributed by atoms with Crippen LogP contribution >= 0.6 is 11.8 Å². The molecule has 2 aromatic carbocycles. The van der Waals surface area contributed by atoms with Crippen molar-refractivity contribution >= 4 is 23.6 Å². The Balaban J connectivity index is 1.81. The highest BCUT2D eigenvalue weighted by Crippen LogP contribution is 2.22. The summed E-state index contributed by atoms with van der Waals surface area (Å²) in [6.07, 6.45) is 0. The van der Waals surface area contributed by atoms with Gasteiger partial charge in [-0.1, -0.05) is 51.1 Å². The van der Waals surface area contributed by atoms with Crippen molar-refractivity contribution in [3.8, 4) is 0 Å².